The van der Waals surface area contributed by atoms with Gasteiger partial charge in [0.15, 0.2) is 0 Å². The Kier molecular flexibility index (Phi) is 7.72. The zero-order valence-electron chi connectivity index (χ0n) is 18.1. The maximum Gasteiger partial charge on any atom is 0.261 e. The van der Waals surface area contributed by atoms with Gasteiger partial charge < -0.3 is 15.6 Å². The van der Waals surface area contributed by atoms with Crippen LogP contribution in [0, 0.1) is 33.1 Å². The molecule has 3 N–H and O–H groups in total. The van der Waals surface area contributed by atoms with Crippen LogP contribution in [0.3, 0.4) is 0 Å². The van der Waals surface area contributed by atoms with Crippen LogP contribution in [0.4, 0.5) is 0 Å². The van der Waals surface area contributed by atoms with E-state index in [0.29, 0.717) is 32.2 Å². The molecule has 2 heterocycles. The van der Waals surface area contributed by atoms with Crippen LogP contribution >= 0.6 is 23.1 Å². The number of aryl methyl sites for hydroxylation is 3. The molecule has 0 saturated heterocycles. The maximum absolute atomic E-state index is 12.7. The van der Waals surface area contributed by atoms with Crippen LogP contribution in [0.15, 0.2) is 27.9 Å². The number of H-pyrrole nitrogens is 1. The Morgan fingerprint density at radius 2 is 2.03 bits per heavy atom. The number of rotatable bonds is 8. The second-order valence-electron chi connectivity index (χ2n) is 7.29. The van der Waals surface area contributed by atoms with Gasteiger partial charge in [0.05, 0.1) is 22.6 Å². The first-order valence-electron chi connectivity index (χ1n) is 10.0. The first kappa shape index (κ1) is 23.6. The lowest BCUT2D eigenvalue weighted by Gasteiger charge is -2.06. The van der Waals surface area contributed by atoms with Crippen LogP contribution in [-0.2, 0) is 10.5 Å². The molecule has 0 aliphatic carbocycles. The molecule has 7 nitrogen and oxygen atoms in total. The number of thioether (sulfide) groups is 1. The van der Waals surface area contributed by atoms with Gasteiger partial charge in [-0.3, -0.25) is 14.4 Å². The Hall–Kier alpha value is -3.09. The topological polar surface area (TPSA) is 104 Å². The van der Waals surface area contributed by atoms with Crippen molar-refractivity contribution in [2.45, 2.75) is 37.8 Å². The predicted octanol–water partition coefficient (Wildman–Crippen LogP) is 3.07. The first-order chi connectivity index (χ1) is 15.3. The minimum Gasteiger partial charge on any atom is -0.351 e. The van der Waals surface area contributed by atoms with Gasteiger partial charge in [0, 0.05) is 17.9 Å². The second-order valence-corrected chi connectivity index (χ2v) is 9.31. The monoisotopic (exact) mass is 468 g/mol. The number of amides is 2. The van der Waals surface area contributed by atoms with Crippen molar-refractivity contribution in [1.82, 2.24) is 20.6 Å². The smallest absolute Gasteiger partial charge is 0.261 e. The summed E-state index contributed by atoms with van der Waals surface area (Å²) in [6, 6.07) is 6.25. The molecular formula is C23H24N4O3S2. The molecule has 0 atom stereocenters. The van der Waals surface area contributed by atoms with E-state index in [1.807, 2.05) is 13.8 Å². The standard InChI is InChI=1S/C23H24N4O3S2/c1-5-9-24-18(28)8-10-25-22(30)20-15(4)19-21(29)26-17(27-23(19)32-20)12-31-16-11-13(2)6-7-14(16)3/h1,6-7,11H,8-10,12H2,2-4H3,(H,24,28)(H,25,30)(H,26,27,29). The van der Waals surface area contributed by atoms with E-state index in [1.165, 1.54) is 22.5 Å². The van der Waals surface area contributed by atoms with Gasteiger partial charge in [-0.15, -0.1) is 29.5 Å². The molecule has 3 aromatic rings. The Morgan fingerprint density at radius 1 is 1.25 bits per heavy atom. The van der Waals surface area contributed by atoms with Crippen LogP contribution in [0.2, 0.25) is 0 Å². The number of carbonyl (C=O) groups is 2. The zero-order valence-corrected chi connectivity index (χ0v) is 19.8. The van der Waals surface area contributed by atoms with Crippen molar-refractivity contribution in [3.63, 3.8) is 0 Å². The van der Waals surface area contributed by atoms with Gasteiger partial charge in [0.2, 0.25) is 5.91 Å². The summed E-state index contributed by atoms with van der Waals surface area (Å²) in [6.07, 6.45) is 5.22. The summed E-state index contributed by atoms with van der Waals surface area (Å²) in [5.41, 5.74) is 2.67. The van der Waals surface area contributed by atoms with E-state index >= 15 is 0 Å². The largest absolute Gasteiger partial charge is 0.351 e. The van der Waals surface area contributed by atoms with Crippen LogP contribution < -0.4 is 16.2 Å². The van der Waals surface area contributed by atoms with E-state index in [1.54, 1.807) is 18.7 Å². The zero-order chi connectivity index (χ0) is 23.3. The lowest BCUT2D eigenvalue weighted by molar-refractivity contribution is -0.120. The summed E-state index contributed by atoms with van der Waals surface area (Å²) in [5.74, 6) is 2.83. The molecule has 9 heteroatoms. The molecule has 0 aliphatic rings. The number of fused-ring (bicyclic) bond motifs is 1. The van der Waals surface area contributed by atoms with E-state index in [-0.39, 0.29) is 36.9 Å². The van der Waals surface area contributed by atoms with E-state index in [0.717, 1.165) is 4.90 Å². The number of nitrogens with zero attached hydrogens (tertiary/aromatic N) is 1. The maximum atomic E-state index is 12.7. The van der Waals surface area contributed by atoms with Crippen LogP contribution in [0.5, 0.6) is 0 Å². The molecule has 0 saturated carbocycles. The van der Waals surface area contributed by atoms with Crippen LogP contribution in [0.1, 0.15) is 38.6 Å². The minimum absolute atomic E-state index is 0.121. The van der Waals surface area contributed by atoms with Crippen molar-refractivity contribution >= 4 is 45.1 Å². The summed E-state index contributed by atoms with van der Waals surface area (Å²) in [6.45, 7) is 6.15. The number of terminal acetylenes is 1. The quantitative estimate of drug-likeness (QED) is 0.348. The summed E-state index contributed by atoms with van der Waals surface area (Å²) in [7, 11) is 0. The molecule has 0 fully saturated rings. The molecule has 32 heavy (non-hydrogen) atoms. The van der Waals surface area contributed by atoms with E-state index in [4.69, 9.17) is 6.42 Å². The Morgan fingerprint density at radius 3 is 2.78 bits per heavy atom. The minimum atomic E-state index is -0.332. The highest BCUT2D eigenvalue weighted by atomic mass is 32.2. The predicted molar refractivity (Wildman–Crippen MR) is 129 cm³/mol. The van der Waals surface area contributed by atoms with E-state index in [9.17, 15) is 14.4 Å². The summed E-state index contributed by atoms with van der Waals surface area (Å²) >= 11 is 2.79. The first-order valence-corrected chi connectivity index (χ1v) is 11.8. The fraction of sp³-hybridized carbons (Fsp3) is 0.304. The molecule has 0 aliphatic heterocycles. The van der Waals surface area contributed by atoms with Gasteiger partial charge >= 0.3 is 0 Å². The van der Waals surface area contributed by atoms with E-state index < -0.39 is 0 Å². The molecule has 166 valence electrons. The average molecular weight is 469 g/mol. The number of carbonyl (C=O) groups excluding carboxylic acids is 2. The molecule has 0 spiro atoms. The third-order valence-electron chi connectivity index (χ3n) is 4.79. The summed E-state index contributed by atoms with van der Waals surface area (Å²) in [4.78, 5) is 46.4. The van der Waals surface area contributed by atoms with Gasteiger partial charge in [0.1, 0.15) is 10.7 Å². The molecule has 0 bridgehead atoms. The number of benzene rings is 1. The molecule has 2 aromatic heterocycles. The highest BCUT2D eigenvalue weighted by molar-refractivity contribution is 7.98. The van der Waals surface area contributed by atoms with Crippen molar-refractivity contribution < 1.29 is 9.59 Å². The third kappa shape index (κ3) is 5.58. The van der Waals surface area contributed by atoms with Crippen molar-refractivity contribution in [2.75, 3.05) is 13.1 Å². The molecule has 1 aromatic carbocycles. The number of hydrogen-bond donors (Lipinski definition) is 3. The van der Waals surface area contributed by atoms with E-state index in [2.05, 4.69) is 44.7 Å². The Bertz CT molecular complexity index is 1270. The fourth-order valence-corrected chi connectivity index (χ4v) is 5.20. The number of hydrogen-bond acceptors (Lipinski definition) is 6. The molecule has 2 amide bonds. The van der Waals surface area contributed by atoms with Crippen molar-refractivity contribution in [3.8, 4) is 12.3 Å². The molecule has 0 unspecified atom stereocenters. The van der Waals surface area contributed by atoms with Gasteiger partial charge in [0.25, 0.3) is 11.5 Å². The van der Waals surface area contributed by atoms with Crippen LogP contribution in [0.25, 0.3) is 10.2 Å². The number of aromatic nitrogens is 2. The highest BCUT2D eigenvalue weighted by Crippen LogP contribution is 2.29. The van der Waals surface area contributed by atoms with Crippen molar-refractivity contribution in [2.24, 2.45) is 0 Å². The molecular weight excluding hydrogens is 444 g/mol. The average Bonchev–Trinajstić information content (AvgIpc) is 3.09. The lowest BCUT2D eigenvalue weighted by Crippen LogP contribution is -2.30. The number of aromatic amines is 1. The molecule has 3 rings (SSSR count). The SMILES string of the molecule is C#CCNC(=O)CCNC(=O)c1sc2nc(CSc3cc(C)ccc3C)[nH]c(=O)c2c1C. The number of thiophene rings is 1. The van der Waals surface area contributed by atoms with Gasteiger partial charge in [-0.25, -0.2) is 4.98 Å². The molecule has 0 radical (unpaired) electrons. The normalized spacial score (nSPS) is 10.7. The Balaban J connectivity index is 1.73. The number of nitrogens with one attached hydrogen (secondary N) is 3. The Labute approximate surface area is 194 Å². The van der Waals surface area contributed by atoms with Gasteiger partial charge in [-0.2, -0.15) is 0 Å². The second kappa shape index (κ2) is 10.5. The van der Waals surface area contributed by atoms with Gasteiger partial charge in [-0.05, 0) is 38.0 Å². The third-order valence-corrected chi connectivity index (χ3v) is 7.14. The summed E-state index contributed by atoms with van der Waals surface area (Å²) in [5, 5.41) is 5.68. The van der Waals surface area contributed by atoms with Crippen molar-refractivity contribution in [3.05, 3.63) is 55.9 Å². The lowest BCUT2D eigenvalue weighted by atomic mass is 10.2. The summed E-state index contributed by atoms with van der Waals surface area (Å²) < 4.78 is 0. The highest BCUT2D eigenvalue weighted by Gasteiger charge is 2.19. The van der Waals surface area contributed by atoms with Gasteiger partial charge in [-0.1, -0.05) is 23.6 Å². The van der Waals surface area contributed by atoms with Crippen molar-refractivity contribution in [1.29, 1.82) is 0 Å². The van der Waals surface area contributed by atoms with Crippen LogP contribution in [-0.4, -0.2) is 34.9 Å². The fourth-order valence-electron chi connectivity index (χ4n) is 3.09.